The summed E-state index contributed by atoms with van der Waals surface area (Å²) >= 11 is 0. The molecule has 60 valence electrons. The highest BCUT2D eigenvalue weighted by Gasteiger charge is 1.94. The van der Waals surface area contributed by atoms with Crippen molar-refractivity contribution < 1.29 is 0 Å². The second kappa shape index (κ2) is 2.48. The van der Waals surface area contributed by atoms with Crippen LogP contribution in [-0.2, 0) is 0 Å². The molecule has 0 amide bonds. The van der Waals surface area contributed by atoms with Crippen molar-refractivity contribution in [3.8, 4) is 0 Å². The van der Waals surface area contributed by atoms with Gasteiger partial charge in [0, 0.05) is 23.0 Å². The van der Waals surface area contributed by atoms with Crippen LogP contribution in [0.5, 0.6) is 0 Å². The largest absolute Gasteiger partial charge is 0.399 e. The minimum absolute atomic E-state index is 0.799. The van der Waals surface area contributed by atoms with Crippen LogP contribution in [-0.4, -0.2) is 4.98 Å². The number of hydrogen-bond donors (Lipinski definition) is 1. The molecule has 0 bridgehead atoms. The molecule has 2 heteroatoms. The van der Waals surface area contributed by atoms with Gasteiger partial charge in [0.1, 0.15) is 0 Å². The standard InChI is InChI=1S/C10H10N2/c1-7-4-9-5-10(11)3-2-8(9)6-12-7/h2-6H,11H2,1H3. The summed E-state index contributed by atoms with van der Waals surface area (Å²) in [5, 5.41) is 2.29. The van der Waals surface area contributed by atoms with Crippen molar-refractivity contribution in [3.05, 3.63) is 36.2 Å². The summed E-state index contributed by atoms with van der Waals surface area (Å²) in [5.41, 5.74) is 7.47. The zero-order valence-electron chi connectivity index (χ0n) is 6.91. The topological polar surface area (TPSA) is 38.9 Å². The summed E-state index contributed by atoms with van der Waals surface area (Å²) in [6.07, 6.45) is 1.87. The number of fused-ring (bicyclic) bond motifs is 1. The fourth-order valence-corrected chi connectivity index (χ4v) is 1.27. The van der Waals surface area contributed by atoms with Gasteiger partial charge in [-0.3, -0.25) is 4.98 Å². The zero-order chi connectivity index (χ0) is 8.55. The maximum absolute atomic E-state index is 5.65. The van der Waals surface area contributed by atoms with E-state index in [9.17, 15) is 0 Å². The van der Waals surface area contributed by atoms with Crippen molar-refractivity contribution in [1.82, 2.24) is 4.98 Å². The van der Waals surface area contributed by atoms with Gasteiger partial charge in [-0.15, -0.1) is 0 Å². The van der Waals surface area contributed by atoms with E-state index in [1.165, 1.54) is 0 Å². The van der Waals surface area contributed by atoms with Crippen molar-refractivity contribution in [3.63, 3.8) is 0 Å². The fourth-order valence-electron chi connectivity index (χ4n) is 1.27. The predicted molar refractivity (Wildman–Crippen MR) is 50.9 cm³/mol. The van der Waals surface area contributed by atoms with Crippen LogP contribution in [0.1, 0.15) is 5.69 Å². The number of pyridine rings is 1. The minimum Gasteiger partial charge on any atom is -0.399 e. The van der Waals surface area contributed by atoms with Crippen molar-refractivity contribution in [2.45, 2.75) is 6.92 Å². The molecule has 0 spiro atoms. The van der Waals surface area contributed by atoms with E-state index < -0.39 is 0 Å². The molecular weight excluding hydrogens is 148 g/mol. The molecule has 2 aromatic rings. The number of nitrogens with zero attached hydrogens (tertiary/aromatic N) is 1. The van der Waals surface area contributed by atoms with E-state index in [2.05, 4.69) is 4.98 Å². The lowest BCUT2D eigenvalue weighted by Gasteiger charge is -1.99. The first-order chi connectivity index (χ1) is 5.75. The Labute approximate surface area is 71.0 Å². The molecule has 2 N–H and O–H groups in total. The average Bonchev–Trinajstić information content (AvgIpc) is 2.03. The van der Waals surface area contributed by atoms with E-state index in [1.807, 2.05) is 37.4 Å². The molecule has 0 aliphatic carbocycles. The van der Waals surface area contributed by atoms with Crippen LogP contribution in [0.4, 0.5) is 5.69 Å². The highest BCUT2D eigenvalue weighted by molar-refractivity contribution is 5.84. The quantitative estimate of drug-likeness (QED) is 0.596. The molecule has 1 aromatic heterocycles. The van der Waals surface area contributed by atoms with E-state index in [4.69, 9.17) is 5.73 Å². The second-order valence-corrected chi connectivity index (χ2v) is 2.93. The number of aromatic nitrogens is 1. The molecule has 0 radical (unpaired) electrons. The third-order valence-electron chi connectivity index (χ3n) is 1.88. The lowest BCUT2D eigenvalue weighted by atomic mass is 10.1. The molecule has 0 aliphatic rings. The van der Waals surface area contributed by atoms with Crippen molar-refractivity contribution in [1.29, 1.82) is 0 Å². The molecule has 0 saturated carbocycles. The summed E-state index contributed by atoms with van der Waals surface area (Å²) in [6.45, 7) is 1.97. The van der Waals surface area contributed by atoms with Gasteiger partial charge in [0.2, 0.25) is 0 Å². The van der Waals surface area contributed by atoms with Crippen molar-refractivity contribution >= 4 is 16.5 Å². The lowest BCUT2D eigenvalue weighted by molar-refractivity contribution is 1.22. The van der Waals surface area contributed by atoms with Crippen molar-refractivity contribution in [2.24, 2.45) is 0 Å². The maximum Gasteiger partial charge on any atom is 0.0379 e. The third-order valence-corrected chi connectivity index (χ3v) is 1.88. The monoisotopic (exact) mass is 158 g/mol. The molecule has 0 atom stereocenters. The Kier molecular flexibility index (Phi) is 1.47. The summed E-state index contributed by atoms with van der Waals surface area (Å²) in [4.78, 5) is 4.20. The van der Waals surface area contributed by atoms with E-state index >= 15 is 0 Å². The van der Waals surface area contributed by atoms with Crippen LogP contribution in [0.2, 0.25) is 0 Å². The van der Waals surface area contributed by atoms with Gasteiger partial charge in [0.25, 0.3) is 0 Å². The Hall–Kier alpha value is -1.57. The van der Waals surface area contributed by atoms with Gasteiger partial charge < -0.3 is 5.73 Å². The zero-order valence-corrected chi connectivity index (χ0v) is 6.91. The fraction of sp³-hybridized carbons (Fsp3) is 0.100. The molecule has 12 heavy (non-hydrogen) atoms. The van der Waals surface area contributed by atoms with Gasteiger partial charge in [-0.05, 0) is 30.5 Å². The molecule has 0 aliphatic heterocycles. The maximum atomic E-state index is 5.65. The van der Waals surface area contributed by atoms with Gasteiger partial charge in [0.05, 0.1) is 0 Å². The molecule has 0 fully saturated rings. The predicted octanol–water partition coefficient (Wildman–Crippen LogP) is 2.13. The van der Waals surface area contributed by atoms with Crippen LogP contribution < -0.4 is 5.73 Å². The Morgan fingerprint density at radius 3 is 2.83 bits per heavy atom. The second-order valence-electron chi connectivity index (χ2n) is 2.93. The van der Waals surface area contributed by atoms with Gasteiger partial charge in [0.15, 0.2) is 0 Å². The first-order valence-corrected chi connectivity index (χ1v) is 3.87. The summed E-state index contributed by atoms with van der Waals surface area (Å²) in [5.74, 6) is 0. The number of hydrogen-bond acceptors (Lipinski definition) is 2. The van der Waals surface area contributed by atoms with Crippen LogP contribution in [0.15, 0.2) is 30.5 Å². The van der Waals surface area contributed by atoms with Gasteiger partial charge in [-0.2, -0.15) is 0 Å². The first kappa shape index (κ1) is 7.10. The number of rotatable bonds is 0. The Morgan fingerprint density at radius 2 is 2.00 bits per heavy atom. The third kappa shape index (κ3) is 1.11. The van der Waals surface area contributed by atoms with E-state index in [0.717, 1.165) is 22.2 Å². The van der Waals surface area contributed by atoms with Gasteiger partial charge in [-0.1, -0.05) is 6.07 Å². The van der Waals surface area contributed by atoms with E-state index in [-0.39, 0.29) is 0 Å². The smallest absolute Gasteiger partial charge is 0.0379 e. The Bertz CT molecular complexity index is 384. The van der Waals surface area contributed by atoms with Gasteiger partial charge >= 0.3 is 0 Å². The molecular formula is C10H10N2. The normalized spacial score (nSPS) is 10.4. The summed E-state index contributed by atoms with van der Waals surface area (Å²) in [6, 6.07) is 7.87. The SMILES string of the molecule is Cc1cc2cc(N)ccc2cn1. The van der Waals surface area contributed by atoms with Crippen molar-refractivity contribution in [2.75, 3.05) is 5.73 Å². The minimum atomic E-state index is 0.799. The molecule has 0 unspecified atom stereocenters. The first-order valence-electron chi connectivity index (χ1n) is 3.87. The number of benzene rings is 1. The summed E-state index contributed by atoms with van der Waals surface area (Å²) in [7, 11) is 0. The number of aryl methyl sites for hydroxylation is 1. The van der Waals surface area contributed by atoms with Crippen LogP contribution in [0, 0.1) is 6.92 Å². The average molecular weight is 158 g/mol. The van der Waals surface area contributed by atoms with Crippen LogP contribution >= 0.6 is 0 Å². The molecule has 0 saturated heterocycles. The van der Waals surface area contributed by atoms with E-state index in [0.29, 0.717) is 0 Å². The highest BCUT2D eigenvalue weighted by atomic mass is 14.7. The van der Waals surface area contributed by atoms with Gasteiger partial charge in [-0.25, -0.2) is 0 Å². The van der Waals surface area contributed by atoms with Crippen LogP contribution in [0.3, 0.4) is 0 Å². The number of anilines is 1. The van der Waals surface area contributed by atoms with Crippen LogP contribution in [0.25, 0.3) is 10.8 Å². The molecule has 2 rings (SSSR count). The van der Waals surface area contributed by atoms with E-state index in [1.54, 1.807) is 0 Å². The molecule has 2 nitrogen and oxygen atoms in total. The lowest BCUT2D eigenvalue weighted by Crippen LogP contribution is -1.85. The Balaban J connectivity index is 2.80. The number of nitrogens with two attached hydrogens (primary N) is 1. The Morgan fingerprint density at radius 1 is 1.17 bits per heavy atom. The highest BCUT2D eigenvalue weighted by Crippen LogP contribution is 2.16. The molecule has 1 heterocycles. The molecule has 1 aromatic carbocycles. The summed E-state index contributed by atoms with van der Waals surface area (Å²) < 4.78 is 0. The number of nitrogen functional groups attached to an aromatic ring is 1.